The quantitative estimate of drug-likeness (QED) is 0.707. The van der Waals surface area contributed by atoms with E-state index in [-0.39, 0.29) is 0 Å². The SMILES string of the molecule is COc1c(-c2ccccc2)c(OC)c2ccccc2c1OC. The first-order valence-corrected chi connectivity index (χ1v) is 7.08. The van der Waals surface area contributed by atoms with Gasteiger partial charge in [0.05, 0.1) is 26.9 Å². The Hall–Kier alpha value is -2.68. The van der Waals surface area contributed by atoms with Crippen LogP contribution in [0.15, 0.2) is 54.6 Å². The van der Waals surface area contributed by atoms with Crippen molar-refractivity contribution in [3.05, 3.63) is 54.6 Å². The third-order valence-electron chi connectivity index (χ3n) is 3.75. The molecule has 0 unspecified atom stereocenters. The van der Waals surface area contributed by atoms with Crippen molar-refractivity contribution in [3.63, 3.8) is 0 Å². The van der Waals surface area contributed by atoms with Gasteiger partial charge in [-0.05, 0) is 5.56 Å². The topological polar surface area (TPSA) is 27.7 Å². The Morgan fingerprint density at radius 3 is 1.59 bits per heavy atom. The molecule has 112 valence electrons. The average molecular weight is 294 g/mol. The number of rotatable bonds is 4. The Morgan fingerprint density at radius 1 is 0.545 bits per heavy atom. The highest BCUT2D eigenvalue weighted by Crippen LogP contribution is 2.50. The van der Waals surface area contributed by atoms with Gasteiger partial charge in [-0.3, -0.25) is 0 Å². The van der Waals surface area contributed by atoms with E-state index in [4.69, 9.17) is 14.2 Å². The average Bonchev–Trinajstić information content (AvgIpc) is 2.60. The molecular weight excluding hydrogens is 276 g/mol. The molecule has 0 saturated carbocycles. The van der Waals surface area contributed by atoms with Crippen molar-refractivity contribution in [2.75, 3.05) is 21.3 Å². The maximum atomic E-state index is 5.72. The third-order valence-corrected chi connectivity index (χ3v) is 3.75. The summed E-state index contributed by atoms with van der Waals surface area (Å²) in [6, 6.07) is 18.1. The zero-order valence-electron chi connectivity index (χ0n) is 12.9. The van der Waals surface area contributed by atoms with Crippen LogP contribution < -0.4 is 14.2 Å². The maximum absolute atomic E-state index is 5.72. The van der Waals surface area contributed by atoms with Gasteiger partial charge in [0.2, 0.25) is 0 Å². The molecule has 0 aliphatic carbocycles. The lowest BCUT2D eigenvalue weighted by Crippen LogP contribution is -1.98. The summed E-state index contributed by atoms with van der Waals surface area (Å²) in [5, 5.41) is 1.97. The normalized spacial score (nSPS) is 10.5. The Balaban J connectivity index is 2.49. The predicted octanol–water partition coefficient (Wildman–Crippen LogP) is 4.53. The lowest BCUT2D eigenvalue weighted by Gasteiger charge is -2.19. The number of benzene rings is 3. The van der Waals surface area contributed by atoms with E-state index in [0.717, 1.165) is 33.4 Å². The highest BCUT2D eigenvalue weighted by atomic mass is 16.5. The van der Waals surface area contributed by atoms with Crippen molar-refractivity contribution in [2.24, 2.45) is 0 Å². The van der Waals surface area contributed by atoms with E-state index in [1.807, 2.05) is 54.6 Å². The van der Waals surface area contributed by atoms with Crippen molar-refractivity contribution in [1.29, 1.82) is 0 Å². The highest BCUT2D eigenvalue weighted by molar-refractivity contribution is 6.03. The Kier molecular flexibility index (Phi) is 3.88. The molecule has 0 N–H and O–H groups in total. The van der Waals surface area contributed by atoms with Crippen molar-refractivity contribution in [3.8, 4) is 28.4 Å². The molecule has 0 saturated heterocycles. The van der Waals surface area contributed by atoms with Crippen molar-refractivity contribution < 1.29 is 14.2 Å². The van der Waals surface area contributed by atoms with E-state index >= 15 is 0 Å². The van der Waals surface area contributed by atoms with Crippen LogP contribution in [0.4, 0.5) is 0 Å². The highest BCUT2D eigenvalue weighted by Gasteiger charge is 2.22. The molecule has 3 nitrogen and oxygen atoms in total. The molecule has 0 heterocycles. The van der Waals surface area contributed by atoms with Gasteiger partial charge in [0.15, 0.2) is 11.5 Å². The first-order valence-electron chi connectivity index (χ1n) is 7.08. The van der Waals surface area contributed by atoms with Crippen molar-refractivity contribution in [2.45, 2.75) is 0 Å². The first-order chi connectivity index (χ1) is 10.8. The lowest BCUT2D eigenvalue weighted by atomic mass is 9.97. The molecule has 0 amide bonds. The summed E-state index contributed by atoms with van der Waals surface area (Å²) in [7, 11) is 4.99. The van der Waals surface area contributed by atoms with Crippen LogP contribution in [-0.4, -0.2) is 21.3 Å². The van der Waals surface area contributed by atoms with Gasteiger partial charge in [0.1, 0.15) is 5.75 Å². The third kappa shape index (κ3) is 2.15. The van der Waals surface area contributed by atoms with Crippen molar-refractivity contribution in [1.82, 2.24) is 0 Å². The number of methoxy groups -OCH3 is 3. The molecule has 0 fully saturated rings. The van der Waals surface area contributed by atoms with Crippen LogP contribution >= 0.6 is 0 Å². The van der Waals surface area contributed by atoms with Gasteiger partial charge in [-0.1, -0.05) is 54.6 Å². The van der Waals surface area contributed by atoms with Gasteiger partial charge in [-0.25, -0.2) is 0 Å². The smallest absolute Gasteiger partial charge is 0.172 e. The van der Waals surface area contributed by atoms with Crippen LogP contribution in [0.1, 0.15) is 0 Å². The van der Waals surface area contributed by atoms with Crippen LogP contribution in [0, 0.1) is 0 Å². The summed E-state index contributed by atoms with van der Waals surface area (Å²) in [5.74, 6) is 2.20. The largest absolute Gasteiger partial charge is 0.495 e. The van der Waals surface area contributed by atoms with E-state index in [2.05, 4.69) is 0 Å². The Morgan fingerprint density at radius 2 is 1.05 bits per heavy atom. The van der Waals surface area contributed by atoms with Gasteiger partial charge >= 0.3 is 0 Å². The zero-order valence-corrected chi connectivity index (χ0v) is 12.9. The number of ether oxygens (including phenoxy) is 3. The van der Waals surface area contributed by atoms with E-state index in [1.165, 1.54) is 0 Å². The molecule has 0 bridgehead atoms. The summed E-state index contributed by atoms with van der Waals surface area (Å²) in [5.41, 5.74) is 1.93. The summed E-state index contributed by atoms with van der Waals surface area (Å²) >= 11 is 0. The molecule has 3 aromatic rings. The molecule has 3 rings (SSSR count). The second kappa shape index (κ2) is 5.98. The van der Waals surface area contributed by atoms with Gasteiger partial charge < -0.3 is 14.2 Å². The molecule has 3 aromatic carbocycles. The van der Waals surface area contributed by atoms with Crippen LogP contribution in [0.2, 0.25) is 0 Å². The Labute approximate surface area is 130 Å². The standard InChI is InChI=1S/C19H18O3/c1-20-17-14-11-7-8-12-15(14)18(21-2)19(22-3)16(17)13-9-5-4-6-10-13/h4-12H,1-3H3. The van der Waals surface area contributed by atoms with E-state index in [0.29, 0.717) is 5.75 Å². The molecule has 0 radical (unpaired) electrons. The number of hydrogen-bond acceptors (Lipinski definition) is 3. The number of hydrogen-bond donors (Lipinski definition) is 0. The van der Waals surface area contributed by atoms with Crippen LogP contribution in [0.3, 0.4) is 0 Å². The van der Waals surface area contributed by atoms with Crippen LogP contribution in [0.5, 0.6) is 17.2 Å². The zero-order chi connectivity index (χ0) is 15.5. The minimum Gasteiger partial charge on any atom is -0.495 e. The van der Waals surface area contributed by atoms with Crippen LogP contribution in [0.25, 0.3) is 21.9 Å². The minimum absolute atomic E-state index is 0.684. The summed E-state index contributed by atoms with van der Waals surface area (Å²) in [6.45, 7) is 0. The molecule has 0 atom stereocenters. The lowest BCUT2D eigenvalue weighted by molar-refractivity contribution is 0.355. The fourth-order valence-electron chi connectivity index (χ4n) is 2.83. The molecule has 0 aliphatic rings. The molecule has 0 spiro atoms. The summed E-state index contributed by atoms with van der Waals surface area (Å²) < 4.78 is 17.0. The minimum atomic E-state index is 0.684. The molecule has 3 heteroatoms. The first kappa shape index (κ1) is 14.3. The predicted molar refractivity (Wildman–Crippen MR) is 89.0 cm³/mol. The number of fused-ring (bicyclic) bond motifs is 1. The van der Waals surface area contributed by atoms with Gasteiger partial charge in [-0.2, -0.15) is 0 Å². The Bertz CT molecular complexity index is 795. The second-order valence-electron chi connectivity index (χ2n) is 4.89. The summed E-state index contributed by atoms with van der Waals surface area (Å²) in [6.07, 6.45) is 0. The maximum Gasteiger partial charge on any atom is 0.172 e. The van der Waals surface area contributed by atoms with E-state index in [1.54, 1.807) is 21.3 Å². The van der Waals surface area contributed by atoms with Gasteiger partial charge in [0.25, 0.3) is 0 Å². The second-order valence-corrected chi connectivity index (χ2v) is 4.89. The molecular formula is C19H18O3. The molecule has 0 aromatic heterocycles. The fraction of sp³-hybridized carbons (Fsp3) is 0.158. The van der Waals surface area contributed by atoms with Gasteiger partial charge in [-0.15, -0.1) is 0 Å². The van der Waals surface area contributed by atoms with Crippen LogP contribution in [-0.2, 0) is 0 Å². The van der Waals surface area contributed by atoms with E-state index in [9.17, 15) is 0 Å². The van der Waals surface area contributed by atoms with E-state index < -0.39 is 0 Å². The molecule has 0 aliphatic heterocycles. The molecule has 22 heavy (non-hydrogen) atoms. The van der Waals surface area contributed by atoms with Crippen molar-refractivity contribution >= 4 is 10.8 Å². The summed E-state index contributed by atoms with van der Waals surface area (Å²) in [4.78, 5) is 0. The fourth-order valence-corrected chi connectivity index (χ4v) is 2.83. The van der Waals surface area contributed by atoms with Gasteiger partial charge in [0, 0.05) is 10.8 Å². The monoisotopic (exact) mass is 294 g/mol.